The Morgan fingerprint density at radius 3 is 2.58 bits per heavy atom. The Labute approximate surface area is 154 Å². The van der Waals surface area contributed by atoms with E-state index in [1.165, 1.54) is 11.8 Å². The van der Waals surface area contributed by atoms with Gasteiger partial charge in [0.15, 0.2) is 6.61 Å². The molecule has 0 spiro atoms. The molecule has 126 valence electrons. The molecule has 0 fully saturated rings. The van der Waals surface area contributed by atoms with Crippen LogP contribution >= 0.6 is 27.7 Å². The van der Waals surface area contributed by atoms with E-state index < -0.39 is 5.97 Å². The van der Waals surface area contributed by atoms with Gasteiger partial charge in [0.2, 0.25) is 0 Å². The van der Waals surface area contributed by atoms with E-state index in [4.69, 9.17) is 4.74 Å². The van der Waals surface area contributed by atoms with Crippen LogP contribution in [0.5, 0.6) is 0 Å². The summed E-state index contributed by atoms with van der Waals surface area (Å²) in [5.74, 6) is -0.766. The molecule has 0 heterocycles. The first-order chi connectivity index (χ1) is 11.5. The summed E-state index contributed by atoms with van der Waals surface area (Å²) in [4.78, 5) is 24.9. The summed E-state index contributed by atoms with van der Waals surface area (Å²) in [5.41, 5.74) is 1.63. The zero-order chi connectivity index (χ0) is 17.5. The van der Waals surface area contributed by atoms with Crippen LogP contribution in [0.4, 0.5) is 5.69 Å². The van der Waals surface area contributed by atoms with E-state index in [-0.39, 0.29) is 17.8 Å². The lowest BCUT2D eigenvalue weighted by Gasteiger charge is -2.12. The highest BCUT2D eigenvalue weighted by Crippen LogP contribution is 2.23. The number of carbonyl (C=O) groups excluding carboxylic acids is 2. The maximum absolute atomic E-state index is 12.0. The van der Waals surface area contributed by atoms with Gasteiger partial charge in [0, 0.05) is 15.1 Å². The third kappa shape index (κ3) is 5.69. The van der Waals surface area contributed by atoms with E-state index in [0.717, 1.165) is 14.9 Å². The van der Waals surface area contributed by atoms with Crippen molar-refractivity contribution in [1.82, 2.24) is 0 Å². The number of esters is 1. The molecule has 0 aromatic heterocycles. The molecule has 4 nitrogen and oxygen atoms in total. The second kappa shape index (κ2) is 8.89. The third-order valence-electron chi connectivity index (χ3n) is 3.20. The van der Waals surface area contributed by atoms with Crippen LogP contribution in [0.1, 0.15) is 12.5 Å². The number of aryl methyl sites for hydroxylation is 1. The van der Waals surface area contributed by atoms with Crippen LogP contribution < -0.4 is 5.32 Å². The molecule has 0 bridgehead atoms. The van der Waals surface area contributed by atoms with E-state index in [1.807, 2.05) is 49.4 Å². The van der Waals surface area contributed by atoms with Gasteiger partial charge in [-0.25, -0.2) is 0 Å². The molecule has 1 amide bonds. The van der Waals surface area contributed by atoms with Gasteiger partial charge in [0.05, 0.1) is 0 Å². The van der Waals surface area contributed by atoms with Gasteiger partial charge in [0.25, 0.3) is 5.91 Å². The molecule has 2 rings (SSSR count). The summed E-state index contributed by atoms with van der Waals surface area (Å²) in [5, 5.41) is 2.36. The number of thioether (sulfide) groups is 1. The number of hydrogen-bond acceptors (Lipinski definition) is 4. The van der Waals surface area contributed by atoms with Crippen LogP contribution in [0.25, 0.3) is 0 Å². The number of carbonyl (C=O) groups is 2. The fourth-order valence-corrected chi connectivity index (χ4v) is 3.32. The van der Waals surface area contributed by atoms with Crippen molar-refractivity contribution in [2.45, 2.75) is 24.0 Å². The first-order valence-corrected chi connectivity index (χ1v) is 9.07. The number of amides is 1. The Bertz CT molecular complexity index is 721. The molecule has 0 aliphatic rings. The highest BCUT2D eigenvalue weighted by Gasteiger charge is 2.17. The highest BCUT2D eigenvalue weighted by molar-refractivity contribution is 9.10. The fourth-order valence-electron chi connectivity index (χ4n) is 1.96. The topological polar surface area (TPSA) is 55.4 Å². The number of hydrogen-bond donors (Lipinski definition) is 1. The van der Waals surface area contributed by atoms with Gasteiger partial charge < -0.3 is 10.1 Å². The molecule has 0 radical (unpaired) electrons. The molecule has 0 unspecified atom stereocenters. The van der Waals surface area contributed by atoms with E-state index >= 15 is 0 Å². The molecule has 2 aromatic rings. The number of halogens is 1. The first kappa shape index (κ1) is 18.5. The van der Waals surface area contributed by atoms with Gasteiger partial charge >= 0.3 is 5.97 Å². The van der Waals surface area contributed by atoms with Crippen molar-refractivity contribution in [2.24, 2.45) is 0 Å². The van der Waals surface area contributed by atoms with Crippen LogP contribution in [-0.4, -0.2) is 23.7 Å². The number of nitrogens with one attached hydrogen (secondary N) is 1. The summed E-state index contributed by atoms with van der Waals surface area (Å²) in [6.07, 6.45) is 0. The van der Waals surface area contributed by atoms with Crippen molar-refractivity contribution in [3.63, 3.8) is 0 Å². The number of ether oxygens (including phenoxy) is 1. The van der Waals surface area contributed by atoms with Crippen molar-refractivity contribution in [1.29, 1.82) is 0 Å². The zero-order valence-electron chi connectivity index (χ0n) is 13.4. The Hall–Kier alpha value is -1.79. The quantitative estimate of drug-likeness (QED) is 0.568. The van der Waals surface area contributed by atoms with Gasteiger partial charge in [0.1, 0.15) is 5.25 Å². The van der Waals surface area contributed by atoms with Crippen LogP contribution in [0.15, 0.2) is 57.9 Å². The Morgan fingerprint density at radius 1 is 1.21 bits per heavy atom. The maximum atomic E-state index is 12.0. The summed E-state index contributed by atoms with van der Waals surface area (Å²) >= 11 is 4.77. The summed E-state index contributed by atoms with van der Waals surface area (Å²) < 4.78 is 6.03. The van der Waals surface area contributed by atoms with Gasteiger partial charge in [-0.2, -0.15) is 0 Å². The monoisotopic (exact) mass is 407 g/mol. The lowest BCUT2D eigenvalue weighted by molar-refractivity contribution is -0.146. The standard InChI is InChI=1S/C18H18BrNO3S/c1-12-10-14(19)8-9-16(12)20-17(21)11-23-18(22)13(2)24-15-6-4-3-5-7-15/h3-10,13H,11H2,1-2H3,(H,20,21)/t13-/m0/s1. The van der Waals surface area contributed by atoms with Crippen molar-refractivity contribution in [2.75, 3.05) is 11.9 Å². The number of benzene rings is 2. The minimum Gasteiger partial charge on any atom is -0.455 e. The SMILES string of the molecule is Cc1cc(Br)ccc1NC(=O)COC(=O)[C@H](C)Sc1ccccc1. The second-order valence-electron chi connectivity index (χ2n) is 5.19. The Morgan fingerprint density at radius 2 is 1.92 bits per heavy atom. The van der Waals surface area contributed by atoms with Crippen LogP contribution in [-0.2, 0) is 14.3 Å². The molecular weight excluding hydrogens is 390 g/mol. The Balaban J connectivity index is 1.81. The van der Waals surface area contributed by atoms with Gasteiger partial charge in [-0.05, 0) is 49.7 Å². The van der Waals surface area contributed by atoms with E-state index in [2.05, 4.69) is 21.2 Å². The summed E-state index contributed by atoms with van der Waals surface area (Å²) in [6.45, 7) is 3.36. The van der Waals surface area contributed by atoms with Crippen LogP contribution in [0.3, 0.4) is 0 Å². The summed E-state index contributed by atoms with van der Waals surface area (Å²) in [6, 6.07) is 15.1. The molecule has 1 N–H and O–H groups in total. The zero-order valence-corrected chi connectivity index (χ0v) is 15.8. The average molecular weight is 408 g/mol. The van der Waals surface area contributed by atoms with E-state index in [9.17, 15) is 9.59 Å². The molecule has 2 aromatic carbocycles. The maximum Gasteiger partial charge on any atom is 0.319 e. The second-order valence-corrected chi connectivity index (χ2v) is 7.52. The van der Waals surface area contributed by atoms with Crippen molar-refractivity contribution >= 4 is 45.3 Å². The van der Waals surface area contributed by atoms with Crippen molar-refractivity contribution in [3.8, 4) is 0 Å². The van der Waals surface area contributed by atoms with Gasteiger partial charge in [-0.3, -0.25) is 9.59 Å². The molecule has 0 saturated carbocycles. The molecule has 0 aliphatic carbocycles. The largest absolute Gasteiger partial charge is 0.455 e. The normalized spacial score (nSPS) is 11.6. The predicted molar refractivity (Wildman–Crippen MR) is 100 cm³/mol. The van der Waals surface area contributed by atoms with Crippen LogP contribution in [0.2, 0.25) is 0 Å². The van der Waals surface area contributed by atoms with Crippen molar-refractivity contribution in [3.05, 3.63) is 58.6 Å². The predicted octanol–water partition coefficient (Wildman–Crippen LogP) is 4.42. The number of rotatable bonds is 6. The van der Waals surface area contributed by atoms with Crippen LogP contribution in [0, 0.1) is 6.92 Å². The third-order valence-corrected chi connectivity index (χ3v) is 4.78. The molecule has 0 aliphatic heterocycles. The smallest absolute Gasteiger partial charge is 0.319 e. The minimum atomic E-state index is -0.411. The Kier molecular flexibility index (Phi) is 6.87. The highest BCUT2D eigenvalue weighted by atomic mass is 79.9. The average Bonchev–Trinajstić information content (AvgIpc) is 2.56. The molecular formula is C18H18BrNO3S. The van der Waals surface area contributed by atoms with E-state index in [1.54, 1.807) is 13.0 Å². The molecule has 0 saturated heterocycles. The number of anilines is 1. The lowest BCUT2D eigenvalue weighted by Crippen LogP contribution is -2.25. The van der Waals surface area contributed by atoms with Crippen molar-refractivity contribution < 1.29 is 14.3 Å². The molecule has 24 heavy (non-hydrogen) atoms. The molecule has 6 heteroatoms. The van der Waals surface area contributed by atoms with E-state index in [0.29, 0.717) is 5.69 Å². The fraction of sp³-hybridized carbons (Fsp3) is 0.222. The first-order valence-electron chi connectivity index (χ1n) is 7.40. The van der Waals surface area contributed by atoms with Gasteiger partial charge in [-0.1, -0.05) is 34.1 Å². The lowest BCUT2D eigenvalue weighted by atomic mass is 10.2. The van der Waals surface area contributed by atoms with Gasteiger partial charge in [-0.15, -0.1) is 11.8 Å². The molecule has 1 atom stereocenters. The summed E-state index contributed by atoms with van der Waals surface area (Å²) in [7, 11) is 0. The minimum absolute atomic E-state index is 0.298.